The van der Waals surface area contributed by atoms with E-state index in [2.05, 4.69) is 10.3 Å². The molecular formula is C15H17FN2. The van der Waals surface area contributed by atoms with Crippen molar-refractivity contribution in [3.05, 3.63) is 42.1 Å². The molecule has 3 rings (SSSR count). The van der Waals surface area contributed by atoms with E-state index >= 15 is 0 Å². The third-order valence-corrected chi connectivity index (χ3v) is 3.70. The smallest absolute Gasteiger partial charge is 0.129 e. The highest BCUT2D eigenvalue weighted by Gasteiger charge is 2.24. The molecule has 0 saturated carbocycles. The Labute approximate surface area is 106 Å². The third kappa shape index (κ3) is 2.23. The van der Waals surface area contributed by atoms with E-state index in [9.17, 15) is 4.39 Å². The van der Waals surface area contributed by atoms with Crippen LogP contribution in [0.1, 0.15) is 24.6 Å². The molecule has 2 atom stereocenters. The third-order valence-electron chi connectivity index (χ3n) is 3.70. The zero-order chi connectivity index (χ0) is 12.4. The molecule has 94 valence electrons. The van der Waals surface area contributed by atoms with Gasteiger partial charge in [-0.15, -0.1) is 0 Å². The van der Waals surface area contributed by atoms with Gasteiger partial charge >= 0.3 is 0 Å². The van der Waals surface area contributed by atoms with E-state index in [1.54, 1.807) is 6.20 Å². The summed E-state index contributed by atoms with van der Waals surface area (Å²) >= 11 is 0. The molecule has 2 unspecified atom stereocenters. The van der Waals surface area contributed by atoms with Crippen LogP contribution in [0, 0.1) is 5.92 Å². The van der Waals surface area contributed by atoms with Gasteiger partial charge in [0.05, 0.1) is 5.52 Å². The molecule has 1 saturated heterocycles. The summed E-state index contributed by atoms with van der Waals surface area (Å²) < 4.78 is 14.5. The lowest BCUT2D eigenvalue weighted by molar-refractivity contribution is 0.194. The summed E-state index contributed by atoms with van der Waals surface area (Å²) in [4.78, 5) is 4.29. The maximum Gasteiger partial charge on any atom is 0.129 e. The molecule has 0 amide bonds. The number of nitrogens with zero attached hydrogens (tertiary/aromatic N) is 1. The van der Waals surface area contributed by atoms with Crippen molar-refractivity contribution < 1.29 is 4.39 Å². The van der Waals surface area contributed by atoms with Crippen LogP contribution in [0.2, 0.25) is 0 Å². The van der Waals surface area contributed by atoms with Crippen LogP contribution < -0.4 is 5.32 Å². The Hall–Kier alpha value is -1.48. The zero-order valence-electron chi connectivity index (χ0n) is 10.3. The number of hydrogen-bond donors (Lipinski definition) is 1. The van der Waals surface area contributed by atoms with Gasteiger partial charge in [-0.25, -0.2) is 4.39 Å². The van der Waals surface area contributed by atoms with Crippen LogP contribution in [-0.4, -0.2) is 18.1 Å². The van der Waals surface area contributed by atoms with Crippen molar-refractivity contribution >= 4 is 10.9 Å². The van der Waals surface area contributed by atoms with E-state index in [0.29, 0.717) is 0 Å². The highest BCUT2D eigenvalue weighted by atomic mass is 19.1. The molecule has 1 aromatic carbocycles. The molecule has 2 aromatic rings. The maximum absolute atomic E-state index is 14.5. The lowest BCUT2D eigenvalue weighted by atomic mass is 9.90. The monoisotopic (exact) mass is 244 g/mol. The fourth-order valence-corrected chi connectivity index (χ4v) is 2.66. The molecule has 0 spiro atoms. The van der Waals surface area contributed by atoms with Crippen molar-refractivity contribution in [2.45, 2.75) is 19.0 Å². The van der Waals surface area contributed by atoms with E-state index in [0.717, 1.165) is 42.4 Å². The van der Waals surface area contributed by atoms with Crippen LogP contribution in [0.15, 0.2) is 36.5 Å². The first-order valence-electron chi connectivity index (χ1n) is 6.54. The summed E-state index contributed by atoms with van der Waals surface area (Å²) in [7, 11) is 0. The standard InChI is InChI=1S/C15H17FN2/c16-15(13-4-1-7-17-10-13)12-6-5-11-3-2-8-18-14(11)9-12/h2-3,5-6,8-9,13,15,17H,1,4,7,10H2. The zero-order valence-corrected chi connectivity index (χ0v) is 10.3. The summed E-state index contributed by atoms with van der Waals surface area (Å²) in [6.45, 7) is 1.80. The molecule has 0 radical (unpaired) electrons. The van der Waals surface area contributed by atoms with Gasteiger partial charge in [0.15, 0.2) is 0 Å². The van der Waals surface area contributed by atoms with E-state index in [1.165, 1.54) is 0 Å². The lowest BCUT2D eigenvalue weighted by Gasteiger charge is -2.26. The number of benzene rings is 1. The van der Waals surface area contributed by atoms with Crippen LogP contribution in [-0.2, 0) is 0 Å². The largest absolute Gasteiger partial charge is 0.316 e. The number of halogens is 1. The van der Waals surface area contributed by atoms with Crippen molar-refractivity contribution in [2.75, 3.05) is 13.1 Å². The van der Waals surface area contributed by atoms with Gasteiger partial charge in [0.25, 0.3) is 0 Å². The molecule has 1 N–H and O–H groups in total. The predicted octanol–water partition coefficient (Wildman–Crippen LogP) is 3.25. The van der Waals surface area contributed by atoms with Crippen molar-refractivity contribution in [2.24, 2.45) is 5.92 Å². The molecule has 0 bridgehead atoms. The number of pyridine rings is 1. The summed E-state index contributed by atoms with van der Waals surface area (Å²) in [5.74, 6) is 0.0971. The minimum absolute atomic E-state index is 0.0971. The van der Waals surface area contributed by atoms with E-state index in [4.69, 9.17) is 0 Å². The van der Waals surface area contributed by atoms with Gasteiger partial charge in [-0.05, 0) is 37.1 Å². The molecule has 3 heteroatoms. The molecule has 1 aliphatic rings. The van der Waals surface area contributed by atoms with Gasteiger partial charge in [0, 0.05) is 24.0 Å². The Bertz CT molecular complexity index is 535. The van der Waals surface area contributed by atoms with Gasteiger partial charge in [0.1, 0.15) is 6.17 Å². The Balaban J connectivity index is 1.88. The summed E-state index contributed by atoms with van der Waals surface area (Å²) in [6, 6.07) is 9.64. The van der Waals surface area contributed by atoms with E-state index in [1.807, 2.05) is 30.3 Å². The van der Waals surface area contributed by atoms with Crippen molar-refractivity contribution in [1.82, 2.24) is 10.3 Å². The van der Waals surface area contributed by atoms with Crippen LogP contribution in [0.25, 0.3) is 10.9 Å². The average molecular weight is 244 g/mol. The lowest BCUT2D eigenvalue weighted by Crippen LogP contribution is -2.32. The first-order valence-corrected chi connectivity index (χ1v) is 6.54. The van der Waals surface area contributed by atoms with Crippen LogP contribution in [0.4, 0.5) is 4.39 Å². The van der Waals surface area contributed by atoms with E-state index < -0.39 is 6.17 Å². The normalized spacial score (nSPS) is 21.9. The number of alkyl halides is 1. The van der Waals surface area contributed by atoms with Crippen LogP contribution in [0.5, 0.6) is 0 Å². The average Bonchev–Trinajstić information content (AvgIpc) is 2.47. The Kier molecular flexibility index (Phi) is 3.24. The molecular weight excluding hydrogens is 227 g/mol. The number of nitrogens with one attached hydrogen (secondary N) is 1. The summed E-state index contributed by atoms with van der Waals surface area (Å²) in [6.07, 6.45) is 2.90. The first-order chi connectivity index (χ1) is 8.84. The predicted molar refractivity (Wildman–Crippen MR) is 71.2 cm³/mol. The second kappa shape index (κ2) is 5.02. The minimum atomic E-state index is -0.885. The number of rotatable bonds is 2. The molecule has 18 heavy (non-hydrogen) atoms. The van der Waals surface area contributed by atoms with Crippen molar-refractivity contribution in [1.29, 1.82) is 0 Å². The topological polar surface area (TPSA) is 24.9 Å². The molecule has 1 aliphatic heterocycles. The fourth-order valence-electron chi connectivity index (χ4n) is 2.66. The SMILES string of the molecule is FC(c1ccc2cccnc2c1)C1CCCNC1. The van der Waals surface area contributed by atoms with Crippen LogP contribution in [0.3, 0.4) is 0 Å². The first kappa shape index (κ1) is 11.6. The highest BCUT2D eigenvalue weighted by molar-refractivity contribution is 5.78. The Morgan fingerprint density at radius 3 is 3.11 bits per heavy atom. The van der Waals surface area contributed by atoms with Gasteiger partial charge in [-0.3, -0.25) is 4.98 Å². The number of fused-ring (bicyclic) bond motifs is 1. The Morgan fingerprint density at radius 1 is 1.33 bits per heavy atom. The van der Waals surface area contributed by atoms with Crippen molar-refractivity contribution in [3.63, 3.8) is 0 Å². The van der Waals surface area contributed by atoms with Crippen LogP contribution >= 0.6 is 0 Å². The summed E-state index contributed by atoms with van der Waals surface area (Å²) in [5, 5.41) is 4.33. The maximum atomic E-state index is 14.5. The molecule has 1 fully saturated rings. The summed E-state index contributed by atoms with van der Waals surface area (Å²) in [5.41, 5.74) is 1.64. The number of hydrogen-bond acceptors (Lipinski definition) is 2. The Morgan fingerprint density at radius 2 is 2.28 bits per heavy atom. The second-order valence-electron chi connectivity index (χ2n) is 4.96. The number of aromatic nitrogens is 1. The van der Waals surface area contributed by atoms with Gasteiger partial charge in [0.2, 0.25) is 0 Å². The van der Waals surface area contributed by atoms with Gasteiger partial charge < -0.3 is 5.32 Å². The molecule has 1 aromatic heterocycles. The van der Waals surface area contributed by atoms with Gasteiger partial charge in [-0.2, -0.15) is 0 Å². The van der Waals surface area contributed by atoms with Gasteiger partial charge in [-0.1, -0.05) is 18.2 Å². The molecule has 2 nitrogen and oxygen atoms in total. The second-order valence-corrected chi connectivity index (χ2v) is 4.96. The van der Waals surface area contributed by atoms with Crippen molar-refractivity contribution in [3.8, 4) is 0 Å². The van der Waals surface area contributed by atoms with E-state index in [-0.39, 0.29) is 5.92 Å². The highest BCUT2D eigenvalue weighted by Crippen LogP contribution is 2.31. The molecule has 2 heterocycles. The quantitative estimate of drug-likeness (QED) is 0.877. The number of piperidine rings is 1. The molecule has 0 aliphatic carbocycles. The fraction of sp³-hybridized carbons (Fsp3) is 0.400. The minimum Gasteiger partial charge on any atom is -0.316 e.